The second-order valence-corrected chi connectivity index (χ2v) is 10.2. The van der Waals surface area contributed by atoms with Gasteiger partial charge >= 0.3 is 0 Å². The molecule has 0 unspecified atom stereocenters. The molecule has 0 aliphatic carbocycles. The van der Waals surface area contributed by atoms with E-state index in [2.05, 4.69) is 26.0 Å². The summed E-state index contributed by atoms with van der Waals surface area (Å²) in [7, 11) is -6.72. The van der Waals surface area contributed by atoms with Gasteiger partial charge in [-0.05, 0) is 30.7 Å². The van der Waals surface area contributed by atoms with Gasteiger partial charge in [-0.1, -0.05) is 15.9 Å². The van der Waals surface area contributed by atoms with Crippen molar-refractivity contribution in [3.8, 4) is 0 Å². The highest BCUT2D eigenvalue weighted by molar-refractivity contribution is 9.10. The maximum absolute atomic E-state index is 12.0. The number of benzene rings is 1. The van der Waals surface area contributed by atoms with Gasteiger partial charge in [0.2, 0.25) is 15.9 Å². The van der Waals surface area contributed by atoms with Gasteiger partial charge in [0, 0.05) is 23.5 Å². The standard InChI is InChI=1S/C13H17BrN2O5S2/c14-10-1-3-12(4-2-10)23(20,21)15-7-5-13(17)16-11-6-8-22(18,19)9-11/h1-4,11,15H,5-9H2,(H,16,17)/t11-/m0/s1. The zero-order chi connectivity index (χ0) is 17.1. The molecule has 1 fully saturated rings. The Morgan fingerprint density at radius 3 is 2.48 bits per heavy atom. The van der Waals surface area contributed by atoms with E-state index in [0.29, 0.717) is 6.42 Å². The Labute approximate surface area is 143 Å². The largest absolute Gasteiger partial charge is 0.352 e. The number of carbonyl (C=O) groups excluding carboxylic acids is 1. The van der Waals surface area contributed by atoms with E-state index >= 15 is 0 Å². The van der Waals surface area contributed by atoms with Crippen molar-refractivity contribution in [1.29, 1.82) is 0 Å². The Kier molecular flexibility index (Phi) is 5.82. The summed E-state index contributed by atoms with van der Waals surface area (Å²) in [6, 6.07) is 5.76. The number of halogens is 1. The van der Waals surface area contributed by atoms with E-state index in [1.807, 2.05) is 0 Å². The van der Waals surface area contributed by atoms with Gasteiger partial charge in [-0.2, -0.15) is 0 Å². The monoisotopic (exact) mass is 424 g/mol. The van der Waals surface area contributed by atoms with Crippen molar-refractivity contribution >= 4 is 41.7 Å². The van der Waals surface area contributed by atoms with E-state index < -0.39 is 19.9 Å². The van der Waals surface area contributed by atoms with Gasteiger partial charge in [0.1, 0.15) is 0 Å². The molecule has 0 radical (unpaired) electrons. The summed E-state index contributed by atoms with van der Waals surface area (Å²) in [5.74, 6) is -0.345. The van der Waals surface area contributed by atoms with E-state index in [0.717, 1.165) is 4.47 Å². The van der Waals surface area contributed by atoms with Crippen molar-refractivity contribution in [2.24, 2.45) is 0 Å². The fourth-order valence-electron chi connectivity index (χ4n) is 2.20. The zero-order valence-corrected chi connectivity index (χ0v) is 15.4. The molecule has 0 bridgehead atoms. The lowest BCUT2D eigenvalue weighted by atomic mass is 10.2. The highest BCUT2D eigenvalue weighted by Crippen LogP contribution is 2.14. The lowest BCUT2D eigenvalue weighted by Gasteiger charge is -2.11. The average molecular weight is 425 g/mol. The molecule has 1 amide bonds. The molecule has 0 saturated carbocycles. The Bertz CT molecular complexity index is 775. The molecular formula is C13H17BrN2O5S2. The molecule has 1 aliphatic rings. The van der Waals surface area contributed by atoms with Crippen LogP contribution in [-0.4, -0.2) is 46.8 Å². The van der Waals surface area contributed by atoms with Gasteiger partial charge in [-0.25, -0.2) is 21.6 Å². The lowest BCUT2D eigenvalue weighted by molar-refractivity contribution is -0.121. The van der Waals surface area contributed by atoms with Crippen molar-refractivity contribution in [2.75, 3.05) is 18.1 Å². The quantitative estimate of drug-likeness (QED) is 0.687. The first-order valence-corrected chi connectivity index (χ1v) is 11.0. The van der Waals surface area contributed by atoms with Crippen LogP contribution in [0.2, 0.25) is 0 Å². The van der Waals surface area contributed by atoms with Crippen LogP contribution < -0.4 is 10.0 Å². The number of sulfonamides is 1. The van der Waals surface area contributed by atoms with Crippen LogP contribution in [0.4, 0.5) is 0 Å². The van der Waals surface area contributed by atoms with E-state index in [4.69, 9.17) is 0 Å². The van der Waals surface area contributed by atoms with Gasteiger partial charge in [0.25, 0.3) is 0 Å². The normalized spacial score (nSPS) is 20.3. The molecule has 2 rings (SSSR count). The third-order valence-electron chi connectivity index (χ3n) is 3.37. The van der Waals surface area contributed by atoms with Gasteiger partial charge in [0.05, 0.1) is 16.4 Å². The third-order valence-corrected chi connectivity index (χ3v) is 7.14. The Balaban J connectivity index is 1.80. The van der Waals surface area contributed by atoms with Crippen molar-refractivity contribution in [2.45, 2.75) is 23.8 Å². The smallest absolute Gasteiger partial charge is 0.240 e. The molecule has 0 aromatic heterocycles. The number of hydrogen-bond acceptors (Lipinski definition) is 5. The molecule has 2 N–H and O–H groups in total. The Hall–Kier alpha value is -0.970. The third kappa shape index (κ3) is 5.55. The van der Waals surface area contributed by atoms with Crippen LogP contribution in [0.3, 0.4) is 0 Å². The number of carbonyl (C=O) groups is 1. The van der Waals surface area contributed by atoms with Gasteiger partial charge in [-0.15, -0.1) is 0 Å². The fourth-order valence-corrected chi connectivity index (χ4v) is 5.17. The molecule has 1 saturated heterocycles. The number of nitrogens with one attached hydrogen (secondary N) is 2. The molecule has 10 heteroatoms. The summed E-state index contributed by atoms with van der Waals surface area (Å²) in [6.45, 7) is -0.0519. The van der Waals surface area contributed by atoms with Crippen molar-refractivity contribution in [1.82, 2.24) is 10.0 Å². The first-order chi connectivity index (χ1) is 10.7. The number of amides is 1. The Morgan fingerprint density at radius 1 is 1.26 bits per heavy atom. The van der Waals surface area contributed by atoms with E-state index in [1.54, 1.807) is 12.1 Å². The second kappa shape index (κ2) is 7.29. The summed E-state index contributed by atoms with van der Waals surface area (Å²) in [5, 5.41) is 2.61. The van der Waals surface area contributed by atoms with Crippen LogP contribution in [0.5, 0.6) is 0 Å². The summed E-state index contributed by atoms with van der Waals surface area (Å²) in [6.07, 6.45) is 0.352. The molecule has 1 aromatic carbocycles. The van der Waals surface area contributed by atoms with Crippen LogP contribution in [0.1, 0.15) is 12.8 Å². The highest BCUT2D eigenvalue weighted by atomic mass is 79.9. The molecule has 1 aliphatic heterocycles. The summed E-state index contributed by atoms with van der Waals surface area (Å²) in [5.41, 5.74) is 0. The molecule has 128 valence electrons. The molecular weight excluding hydrogens is 408 g/mol. The maximum atomic E-state index is 12.0. The number of sulfone groups is 1. The van der Waals surface area contributed by atoms with E-state index in [-0.39, 0.29) is 41.3 Å². The predicted molar refractivity (Wildman–Crippen MR) is 89.1 cm³/mol. The van der Waals surface area contributed by atoms with Crippen LogP contribution >= 0.6 is 15.9 Å². The fraction of sp³-hybridized carbons (Fsp3) is 0.462. The molecule has 0 spiro atoms. The van der Waals surface area contributed by atoms with Crippen LogP contribution in [0.15, 0.2) is 33.6 Å². The minimum absolute atomic E-state index is 0.0493. The van der Waals surface area contributed by atoms with Crippen molar-refractivity contribution < 1.29 is 21.6 Å². The second-order valence-electron chi connectivity index (χ2n) is 5.27. The van der Waals surface area contributed by atoms with Crippen LogP contribution in [0.25, 0.3) is 0 Å². The van der Waals surface area contributed by atoms with E-state index in [9.17, 15) is 21.6 Å². The van der Waals surface area contributed by atoms with Gasteiger partial charge < -0.3 is 5.32 Å². The van der Waals surface area contributed by atoms with Crippen LogP contribution in [0, 0.1) is 0 Å². The first kappa shape index (κ1) is 18.4. The topological polar surface area (TPSA) is 109 Å². The predicted octanol–water partition coefficient (Wildman–Crippen LogP) is 0.421. The molecule has 23 heavy (non-hydrogen) atoms. The zero-order valence-electron chi connectivity index (χ0n) is 12.2. The van der Waals surface area contributed by atoms with Crippen LogP contribution in [-0.2, 0) is 24.7 Å². The van der Waals surface area contributed by atoms with Crippen molar-refractivity contribution in [3.05, 3.63) is 28.7 Å². The lowest BCUT2D eigenvalue weighted by Crippen LogP contribution is -2.37. The number of hydrogen-bond donors (Lipinski definition) is 2. The molecule has 1 heterocycles. The van der Waals surface area contributed by atoms with Crippen molar-refractivity contribution in [3.63, 3.8) is 0 Å². The summed E-state index contributed by atoms with van der Waals surface area (Å²) in [4.78, 5) is 11.8. The highest BCUT2D eigenvalue weighted by Gasteiger charge is 2.28. The summed E-state index contributed by atoms with van der Waals surface area (Å²) >= 11 is 3.22. The van der Waals surface area contributed by atoms with Gasteiger partial charge in [0.15, 0.2) is 9.84 Å². The van der Waals surface area contributed by atoms with Gasteiger partial charge in [-0.3, -0.25) is 4.79 Å². The molecule has 7 nitrogen and oxygen atoms in total. The minimum Gasteiger partial charge on any atom is -0.352 e. The first-order valence-electron chi connectivity index (χ1n) is 6.93. The molecule has 1 aromatic rings. The number of rotatable bonds is 6. The Morgan fingerprint density at radius 2 is 1.91 bits per heavy atom. The maximum Gasteiger partial charge on any atom is 0.240 e. The minimum atomic E-state index is -3.67. The average Bonchev–Trinajstić information content (AvgIpc) is 2.78. The summed E-state index contributed by atoms with van der Waals surface area (Å²) < 4.78 is 49.8. The SMILES string of the molecule is O=C(CCNS(=O)(=O)c1ccc(Br)cc1)N[C@H]1CCS(=O)(=O)C1. The molecule has 1 atom stereocenters. The van der Waals surface area contributed by atoms with E-state index in [1.165, 1.54) is 12.1 Å².